The Labute approximate surface area is 240 Å². The van der Waals surface area contributed by atoms with E-state index in [1.54, 1.807) is 24.1 Å². The number of nitrogens with zero attached hydrogens (tertiary/aromatic N) is 2. The van der Waals surface area contributed by atoms with E-state index in [-0.39, 0.29) is 42.1 Å². The third-order valence-electron chi connectivity index (χ3n) is 8.22. The van der Waals surface area contributed by atoms with Crippen LogP contribution in [0.5, 0.6) is 0 Å². The highest BCUT2D eigenvalue weighted by Crippen LogP contribution is 2.29. The van der Waals surface area contributed by atoms with Gasteiger partial charge in [0.1, 0.15) is 11.9 Å². The number of nitrogens with two attached hydrogens (primary N) is 1. The van der Waals surface area contributed by atoms with E-state index in [2.05, 4.69) is 15.2 Å². The van der Waals surface area contributed by atoms with E-state index in [9.17, 15) is 14.0 Å². The number of fused-ring (bicyclic) bond motifs is 1. The number of piperidine rings is 1. The van der Waals surface area contributed by atoms with Crippen molar-refractivity contribution in [1.29, 1.82) is 0 Å². The molecule has 0 radical (unpaired) electrons. The molecule has 5 rings (SSSR count). The van der Waals surface area contributed by atoms with Gasteiger partial charge in [-0.1, -0.05) is 37.3 Å². The summed E-state index contributed by atoms with van der Waals surface area (Å²) in [4.78, 5) is 34.6. The van der Waals surface area contributed by atoms with Crippen LogP contribution in [-0.2, 0) is 25.6 Å². The van der Waals surface area contributed by atoms with Gasteiger partial charge in [-0.2, -0.15) is 0 Å². The van der Waals surface area contributed by atoms with Gasteiger partial charge >= 0.3 is 0 Å². The Kier molecular flexibility index (Phi) is 9.34. The number of halogens is 1. The molecule has 2 saturated heterocycles. The molecule has 220 valence electrons. The van der Waals surface area contributed by atoms with Crippen molar-refractivity contribution in [3.05, 3.63) is 71.7 Å². The lowest BCUT2D eigenvalue weighted by Gasteiger charge is -2.35. The standard InChI is InChI=1S/C31H40FN5O4/c1-20(26-15-34-27-9-4-3-8-25(26)27)29(31(39)36(2)17-28-40-18-24(33)19-41-28)35-30(38)22-10-12-37(13-11-22)16-21-6-5-7-23(32)14-21/h3-9,14-15,20,22,24,28-29,34H,10-13,16-19,33H2,1-2H3,(H,35,38)/t20-,24?,28?,29-/m1/s1. The lowest BCUT2D eigenvalue weighted by Crippen LogP contribution is -2.54. The number of aromatic amines is 1. The SMILES string of the molecule is C[C@H](c1c[nH]c2ccccc12)[C@@H](NC(=O)C1CCN(Cc2cccc(F)c2)CC1)C(=O)N(C)CC1OCC(N)CO1. The van der Waals surface area contributed by atoms with E-state index in [0.717, 1.165) is 35.1 Å². The highest BCUT2D eigenvalue weighted by molar-refractivity contribution is 5.91. The molecular formula is C31H40FN5O4. The smallest absolute Gasteiger partial charge is 0.245 e. The number of hydrogen-bond acceptors (Lipinski definition) is 6. The van der Waals surface area contributed by atoms with E-state index in [1.807, 2.05) is 43.5 Å². The lowest BCUT2D eigenvalue weighted by molar-refractivity contribution is -0.193. The molecule has 10 heteroatoms. The molecule has 2 aromatic carbocycles. The Morgan fingerprint density at radius 1 is 1.15 bits per heavy atom. The van der Waals surface area contributed by atoms with Crippen LogP contribution >= 0.6 is 0 Å². The first-order valence-electron chi connectivity index (χ1n) is 14.4. The van der Waals surface area contributed by atoms with E-state index >= 15 is 0 Å². The third kappa shape index (κ3) is 7.13. The topological polar surface area (TPSA) is 113 Å². The van der Waals surface area contributed by atoms with Crippen LogP contribution in [-0.4, -0.2) is 84.9 Å². The molecule has 2 fully saturated rings. The van der Waals surface area contributed by atoms with E-state index in [4.69, 9.17) is 15.2 Å². The second kappa shape index (κ2) is 13.1. The van der Waals surface area contributed by atoms with Gasteiger partial charge in [-0.05, 0) is 55.3 Å². The second-order valence-corrected chi connectivity index (χ2v) is 11.3. The first-order chi connectivity index (χ1) is 19.8. The fourth-order valence-electron chi connectivity index (χ4n) is 5.78. The number of ether oxygens (including phenoxy) is 2. The summed E-state index contributed by atoms with van der Waals surface area (Å²) in [6, 6.07) is 13.6. The highest BCUT2D eigenvalue weighted by Gasteiger charge is 2.35. The van der Waals surface area contributed by atoms with Gasteiger partial charge in [0.25, 0.3) is 0 Å². The van der Waals surface area contributed by atoms with Crippen molar-refractivity contribution >= 4 is 22.7 Å². The largest absolute Gasteiger partial charge is 0.361 e. The molecule has 0 spiro atoms. The Morgan fingerprint density at radius 3 is 2.61 bits per heavy atom. The molecule has 2 aliphatic rings. The molecule has 3 heterocycles. The summed E-state index contributed by atoms with van der Waals surface area (Å²) >= 11 is 0. The average molecular weight is 566 g/mol. The predicted molar refractivity (Wildman–Crippen MR) is 154 cm³/mol. The summed E-state index contributed by atoms with van der Waals surface area (Å²) < 4.78 is 24.9. The minimum atomic E-state index is -0.775. The monoisotopic (exact) mass is 565 g/mol. The van der Waals surface area contributed by atoms with Crippen molar-refractivity contribution < 1.29 is 23.5 Å². The van der Waals surface area contributed by atoms with Crippen molar-refractivity contribution in [3.63, 3.8) is 0 Å². The Hall–Kier alpha value is -3.31. The van der Waals surface area contributed by atoms with Crippen LogP contribution in [0.3, 0.4) is 0 Å². The fraction of sp³-hybridized carbons (Fsp3) is 0.484. The van der Waals surface area contributed by atoms with Crippen LogP contribution in [0.25, 0.3) is 10.9 Å². The quantitative estimate of drug-likeness (QED) is 0.368. The number of likely N-dealkylation sites (N-methyl/N-ethyl adjacent to an activating group) is 1. The van der Waals surface area contributed by atoms with Gasteiger partial charge in [0.15, 0.2) is 6.29 Å². The van der Waals surface area contributed by atoms with Crippen LogP contribution in [0.1, 0.15) is 36.8 Å². The molecule has 0 saturated carbocycles. The second-order valence-electron chi connectivity index (χ2n) is 11.3. The third-order valence-corrected chi connectivity index (χ3v) is 8.22. The number of likely N-dealkylation sites (tertiary alicyclic amines) is 1. The van der Waals surface area contributed by atoms with Gasteiger partial charge in [-0.15, -0.1) is 0 Å². The molecule has 0 bridgehead atoms. The molecular weight excluding hydrogens is 525 g/mol. The maximum Gasteiger partial charge on any atom is 0.245 e. The van der Waals surface area contributed by atoms with Gasteiger partial charge < -0.3 is 30.4 Å². The van der Waals surface area contributed by atoms with E-state index in [0.29, 0.717) is 32.6 Å². The zero-order valence-corrected chi connectivity index (χ0v) is 23.7. The predicted octanol–water partition coefficient (Wildman–Crippen LogP) is 2.97. The maximum absolute atomic E-state index is 13.9. The van der Waals surface area contributed by atoms with Crippen LogP contribution in [0.4, 0.5) is 4.39 Å². The van der Waals surface area contributed by atoms with Crippen molar-refractivity contribution in [1.82, 2.24) is 20.1 Å². The lowest BCUT2D eigenvalue weighted by atomic mass is 9.90. The molecule has 1 aromatic heterocycles. The number of para-hydroxylation sites is 1. The molecule has 9 nitrogen and oxygen atoms in total. The van der Waals surface area contributed by atoms with Crippen LogP contribution in [0.15, 0.2) is 54.7 Å². The molecule has 0 unspecified atom stereocenters. The molecule has 4 N–H and O–H groups in total. The van der Waals surface area contributed by atoms with Crippen molar-refractivity contribution in [3.8, 4) is 0 Å². The number of hydrogen-bond donors (Lipinski definition) is 3. The number of rotatable bonds is 9. The van der Waals surface area contributed by atoms with Crippen molar-refractivity contribution in [2.75, 3.05) is 39.9 Å². The van der Waals surface area contributed by atoms with Crippen LogP contribution < -0.4 is 11.1 Å². The molecule has 2 atom stereocenters. The maximum atomic E-state index is 13.9. The molecule has 41 heavy (non-hydrogen) atoms. The Morgan fingerprint density at radius 2 is 1.88 bits per heavy atom. The number of nitrogens with one attached hydrogen (secondary N) is 2. The van der Waals surface area contributed by atoms with Gasteiger partial charge in [0.2, 0.25) is 11.8 Å². The zero-order valence-electron chi connectivity index (χ0n) is 23.7. The summed E-state index contributed by atoms with van der Waals surface area (Å²) in [5.41, 5.74) is 8.72. The number of carbonyl (C=O) groups is 2. The van der Waals surface area contributed by atoms with E-state index in [1.165, 1.54) is 6.07 Å². The number of carbonyl (C=O) groups excluding carboxylic acids is 2. The first kappa shape index (κ1) is 29.2. The molecule has 2 aliphatic heterocycles. The van der Waals surface area contributed by atoms with E-state index < -0.39 is 12.3 Å². The van der Waals surface area contributed by atoms with Crippen LogP contribution in [0, 0.1) is 11.7 Å². The van der Waals surface area contributed by atoms with Crippen molar-refractivity contribution in [2.45, 2.75) is 50.6 Å². The summed E-state index contributed by atoms with van der Waals surface area (Å²) in [6.45, 7) is 5.05. The van der Waals surface area contributed by atoms with Crippen molar-refractivity contribution in [2.24, 2.45) is 11.7 Å². The summed E-state index contributed by atoms with van der Waals surface area (Å²) in [5, 5.41) is 4.14. The summed E-state index contributed by atoms with van der Waals surface area (Å²) in [7, 11) is 1.70. The molecule has 3 aromatic rings. The zero-order chi connectivity index (χ0) is 28.9. The highest BCUT2D eigenvalue weighted by atomic mass is 19.1. The average Bonchev–Trinajstić information content (AvgIpc) is 3.41. The van der Waals surface area contributed by atoms with Gasteiger partial charge in [-0.3, -0.25) is 14.5 Å². The van der Waals surface area contributed by atoms with Gasteiger partial charge in [0.05, 0.1) is 25.8 Å². The van der Waals surface area contributed by atoms with Crippen LogP contribution in [0.2, 0.25) is 0 Å². The Bertz CT molecular complexity index is 1330. The molecule has 0 aliphatic carbocycles. The molecule has 2 amide bonds. The Balaban J connectivity index is 1.27. The van der Waals surface area contributed by atoms with Gasteiger partial charge in [0, 0.05) is 42.5 Å². The fourth-order valence-corrected chi connectivity index (χ4v) is 5.78. The number of H-pyrrole nitrogens is 1. The number of amides is 2. The minimum absolute atomic E-state index is 0.120. The first-order valence-corrected chi connectivity index (χ1v) is 14.4. The van der Waals surface area contributed by atoms with Gasteiger partial charge in [-0.25, -0.2) is 4.39 Å². The minimum Gasteiger partial charge on any atom is -0.361 e. The number of benzene rings is 2. The number of aromatic nitrogens is 1. The summed E-state index contributed by atoms with van der Waals surface area (Å²) in [5.74, 6) is -1.07. The summed E-state index contributed by atoms with van der Waals surface area (Å²) in [6.07, 6.45) is 2.69. The normalized spacial score (nSPS) is 21.9.